The summed E-state index contributed by atoms with van der Waals surface area (Å²) in [5.74, 6) is -0.0928. The summed E-state index contributed by atoms with van der Waals surface area (Å²) in [5.41, 5.74) is -0.802. The second-order valence-corrected chi connectivity index (χ2v) is 5.80. The molecular formula is C12H21NO3S. The third-order valence-electron chi connectivity index (χ3n) is 3.34. The number of thioether (sulfide) groups is 1. The Hall–Kier alpha value is -0.710. The fraction of sp³-hybridized carbons (Fsp3) is 0.833. The standard InChI is InChI=1S/C12H21NO3S/c1-9(8-17-2)13-10(14)7-12(11(15)16)5-3-4-6-12/h9H,3-8H2,1-2H3,(H,13,14)(H,15,16). The molecule has 1 aliphatic carbocycles. The molecule has 0 aromatic heterocycles. The van der Waals surface area contributed by atoms with Crippen molar-refractivity contribution in [2.45, 2.75) is 45.1 Å². The molecule has 2 N–H and O–H groups in total. The molecule has 1 amide bonds. The van der Waals surface area contributed by atoms with Crippen molar-refractivity contribution in [2.24, 2.45) is 5.41 Å². The van der Waals surface area contributed by atoms with Crippen molar-refractivity contribution in [1.82, 2.24) is 5.32 Å². The molecule has 0 saturated heterocycles. The highest BCUT2D eigenvalue weighted by molar-refractivity contribution is 7.98. The Labute approximate surface area is 107 Å². The van der Waals surface area contributed by atoms with Gasteiger partial charge in [0.15, 0.2) is 0 Å². The predicted molar refractivity (Wildman–Crippen MR) is 69.1 cm³/mol. The van der Waals surface area contributed by atoms with Gasteiger partial charge in [-0.05, 0) is 26.0 Å². The minimum Gasteiger partial charge on any atom is -0.481 e. The fourth-order valence-corrected chi connectivity index (χ4v) is 3.03. The number of nitrogens with one attached hydrogen (secondary N) is 1. The Morgan fingerprint density at radius 2 is 2.00 bits per heavy atom. The molecule has 17 heavy (non-hydrogen) atoms. The normalized spacial score (nSPS) is 19.9. The summed E-state index contributed by atoms with van der Waals surface area (Å²) < 4.78 is 0. The number of rotatable bonds is 6. The maximum Gasteiger partial charge on any atom is 0.310 e. The molecule has 1 unspecified atom stereocenters. The number of hydrogen-bond donors (Lipinski definition) is 2. The molecule has 98 valence electrons. The van der Waals surface area contributed by atoms with E-state index in [0.29, 0.717) is 12.8 Å². The van der Waals surface area contributed by atoms with Crippen molar-refractivity contribution in [3.63, 3.8) is 0 Å². The van der Waals surface area contributed by atoms with Crippen LogP contribution in [0.3, 0.4) is 0 Å². The van der Waals surface area contributed by atoms with Gasteiger partial charge in [0.05, 0.1) is 5.41 Å². The molecule has 1 aliphatic rings. The molecule has 0 bridgehead atoms. The largest absolute Gasteiger partial charge is 0.481 e. The maximum absolute atomic E-state index is 11.8. The van der Waals surface area contributed by atoms with Gasteiger partial charge in [0.25, 0.3) is 0 Å². The zero-order chi connectivity index (χ0) is 12.9. The SMILES string of the molecule is CSCC(C)NC(=O)CC1(C(=O)O)CCCC1. The number of carbonyl (C=O) groups excluding carboxylic acids is 1. The Kier molecular flexibility index (Phi) is 5.31. The van der Waals surface area contributed by atoms with Gasteiger partial charge in [-0.2, -0.15) is 11.8 Å². The number of carbonyl (C=O) groups is 2. The van der Waals surface area contributed by atoms with Gasteiger partial charge in [-0.25, -0.2) is 0 Å². The van der Waals surface area contributed by atoms with Crippen molar-refractivity contribution in [1.29, 1.82) is 0 Å². The summed E-state index contributed by atoms with van der Waals surface area (Å²) in [4.78, 5) is 23.1. The molecule has 0 aromatic carbocycles. The van der Waals surface area contributed by atoms with Crippen LogP contribution in [0.5, 0.6) is 0 Å². The molecule has 4 nitrogen and oxygen atoms in total. The molecule has 0 heterocycles. The van der Waals surface area contributed by atoms with Crippen LogP contribution in [0.15, 0.2) is 0 Å². The topological polar surface area (TPSA) is 66.4 Å². The fourth-order valence-electron chi connectivity index (χ4n) is 2.44. The highest BCUT2D eigenvalue weighted by Crippen LogP contribution is 2.41. The smallest absolute Gasteiger partial charge is 0.310 e. The monoisotopic (exact) mass is 259 g/mol. The van der Waals surface area contributed by atoms with Gasteiger partial charge in [-0.3, -0.25) is 9.59 Å². The quantitative estimate of drug-likeness (QED) is 0.764. The van der Waals surface area contributed by atoms with Gasteiger partial charge in [0.2, 0.25) is 5.91 Å². The molecular weight excluding hydrogens is 238 g/mol. The first-order valence-electron chi connectivity index (χ1n) is 6.02. The minimum atomic E-state index is -0.817. The van der Waals surface area contributed by atoms with Crippen molar-refractivity contribution < 1.29 is 14.7 Å². The summed E-state index contributed by atoms with van der Waals surface area (Å²) in [6, 6.07) is 0.102. The zero-order valence-electron chi connectivity index (χ0n) is 10.5. The molecule has 1 atom stereocenters. The average Bonchev–Trinajstić information content (AvgIpc) is 2.67. The van der Waals surface area contributed by atoms with Crippen molar-refractivity contribution in [3.8, 4) is 0 Å². The lowest BCUT2D eigenvalue weighted by Crippen LogP contribution is -2.40. The lowest BCUT2D eigenvalue weighted by atomic mass is 9.82. The first kappa shape index (κ1) is 14.4. The van der Waals surface area contributed by atoms with Crippen LogP contribution in [-0.4, -0.2) is 35.0 Å². The predicted octanol–water partition coefficient (Wildman–Crippen LogP) is 1.89. The van der Waals surface area contributed by atoms with E-state index in [4.69, 9.17) is 0 Å². The van der Waals surface area contributed by atoms with Gasteiger partial charge >= 0.3 is 5.97 Å². The van der Waals surface area contributed by atoms with Gasteiger partial charge in [-0.1, -0.05) is 12.8 Å². The summed E-state index contributed by atoms with van der Waals surface area (Å²) in [6.45, 7) is 1.94. The lowest BCUT2D eigenvalue weighted by Gasteiger charge is -2.24. The van der Waals surface area contributed by atoms with Crippen LogP contribution in [0, 0.1) is 5.41 Å². The van der Waals surface area contributed by atoms with E-state index in [1.165, 1.54) is 0 Å². The number of carboxylic acids is 1. The van der Waals surface area contributed by atoms with E-state index in [-0.39, 0.29) is 18.4 Å². The van der Waals surface area contributed by atoms with E-state index in [1.807, 2.05) is 13.2 Å². The minimum absolute atomic E-state index is 0.102. The first-order valence-corrected chi connectivity index (χ1v) is 7.41. The molecule has 0 aliphatic heterocycles. The number of hydrogen-bond acceptors (Lipinski definition) is 3. The van der Waals surface area contributed by atoms with E-state index in [1.54, 1.807) is 11.8 Å². The summed E-state index contributed by atoms with van der Waals surface area (Å²) in [7, 11) is 0. The van der Waals surface area contributed by atoms with E-state index in [9.17, 15) is 14.7 Å². The van der Waals surface area contributed by atoms with Crippen molar-refractivity contribution >= 4 is 23.6 Å². The van der Waals surface area contributed by atoms with Gasteiger partial charge in [0.1, 0.15) is 0 Å². The van der Waals surface area contributed by atoms with Crippen LogP contribution >= 0.6 is 11.8 Å². The Balaban J connectivity index is 2.51. The molecule has 0 spiro atoms. The van der Waals surface area contributed by atoms with E-state index >= 15 is 0 Å². The summed E-state index contributed by atoms with van der Waals surface area (Å²) in [5, 5.41) is 12.1. The van der Waals surface area contributed by atoms with Crippen LogP contribution in [0.2, 0.25) is 0 Å². The van der Waals surface area contributed by atoms with Gasteiger partial charge in [-0.15, -0.1) is 0 Å². The molecule has 1 saturated carbocycles. The van der Waals surface area contributed by atoms with Crippen molar-refractivity contribution in [2.75, 3.05) is 12.0 Å². The van der Waals surface area contributed by atoms with Gasteiger partial charge < -0.3 is 10.4 Å². The van der Waals surface area contributed by atoms with E-state index in [2.05, 4.69) is 5.32 Å². The summed E-state index contributed by atoms with van der Waals surface area (Å²) in [6.07, 6.45) is 5.21. The average molecular weight is 259 g/mol. The molecule has 5 heteroatoms. The molecule has 1 fully saturated rings. The van der Waals surface area contributed by atoms with Crippen LogP contribution < -0.4 is 5.32 Å². The van der Waals surface area contributed by atoms with Crippen LogP contribution in [0.1, 0.15) is 39.0 Å². The van der Waals surface area contributed by atoms with Crippen LogP contribution in [0.25, 0.3) is 0 Å². The lowest BCUT2D eigenvalue weighted by molar-refractivity contribution is -0.151. The number of carboxylic acid groups (broad SMARTS) is 1. The van der Waals surface area contributed by atoms with E-state index < -0.39 is 11.4 Å². The highest BCUT2D eigenvalue weighted by atomic mass is 32.2. The molecule has 0 aromatic rings. The van der Waals surface area contributed by atoms with Gasteiger partial charge in [0, 0.05) is 18.2 Å². The third-order valence-corrected chi connectivity index (χ3v) is 4.17. The summed E-state index contributed by atoms with van der Waals surface area (Å²) >= 11 is 1.67. The zero-order valence-corrected chi connectivity index (χ0v) is 11.3. The van der Waals surface area contributed by atoms with Crippen LogP contribution in [0.4, 0.5) is 0 Å². The molecule has 1 rings (SSSR count). The second kappa shape index (κ2) is 6.28. The number of amides is 1. The van der Waals surface area contributed by atoms with E-state index in [0.717, 1.165) is 18.6 Å². The first-order chi connectivity index (χ1) is 8.00. The number of aliphatic carboxylic acids is 1. The third kappa shape index (κ3) is 3.91. The maximum atomic E-state index is 11.8. The second-order valence-electron chi connectivity index (χ2n) is 4.89. The van der Waals surface area contributed by atoms with Crippen LogP contribution in [-0.2, 0) is 9.59 Å². The Morgan fingerprint density at radius 1 is 1.41 bits per heavy atom. The van der Waals surface area contributed by atoms with Crippen molar-refractivity contribution in [3.05, 3.63) is 0 Å². The highest BCUT2D eigenvalue weighted by Gasteiger charge is 2.42. The molecule has 0 radical (unpaired) electrons. The Bertz CT molecular complexity index is 287. The Morgan fingerprint density at radius 3 is 2.47 bits per heavy atom.